The molecular formula is C22H28ClN7O3S2. The van der Waals surface area contributed by atoms with E-state index < -0.39 is 10.0 Å². The van der Waals surface area contributed by atoms with Crippen molar-refractivity contribution in [2.45, 2.75) is 30.4 Å². The topological polar surface area (TPSA) is 113 Å². The van der Waals surface area contributed by atoms with E-state index in [1.54, 1.807) is 6.07 Å². The van der Waals surface area contributed by atoms with E-state index >= 15 is 0 Å². The molecule has 10 nitrogen and oxygen atoms in total. The highest BCUT2D eigenvalue weighted by Gasteiger charge is 2.26. The number of nitrogens with zero attached hydrogens (tertiary/aromatic N) is 6. The van der Waals surface area contributed by atoms with E-state index in [4.69, 9.17) is 16.3 Å². The zero-order valence-electron chi connectivity index (χ0n) is 19.5. The summed E-state index contributed by atoms with van der Waals surface area (Å²) in [6.45, 7) is 6.61. The van der Waals surface area contributed by atoms with Gasteiger partial charge in [0.15, 0.2) is 5.82 Å². The van der Waals surface area contributed by atoms with Crippen molar-refractivity contribution < 1.29 is 13.2 Å². The molecule has 13 heteroatoms. The Balaban J connectivity index is 1.23. The molecular weight excluding hydrogens is 510 g/mol. The Morgan fingerprint density at radius 3 is 2.51 bits per heavy atom. The number of piperidine rings is 1. The van der Waals surface area contributed by atoms with Crippen LogP contribution < -0.4 is 14.5 Å². The number of anilines is 2. The minimum absolute atomic E-state index is 0.105. The maximum atomic E-state index is 13.1. The van der Waals surface area contributed by atoms with E-state index in [1.165, 1.54) is 11.3 Å². The summed E-state index contributed by atoms with van der Waals surface area (Å²) in [6, 6.07) is 1.58. The number of morpholine rings is 1. The molecule has 2 saturated heterocycles. The molecule has 0 aromatic carbocycles. The molecule has 0 radical (unpaired) electrons. The van der Waals surface area contributed by atoms with Crippen LogP contribution in [-0.2, 0) is 21.2 Å². The Labute approximate surface area is 213 Å². The minimum Gasteiger partial charge on any atom is -0.378 e. The number of nitrogens with one attached hydrogen (secondary N) is 1. The van der Waals surface area contributed by atoms with Crippen molar-refractivity contribution in [3.8, 4) is 0 Å². The molecule has 0 spiro atoms. The number of aryl methyl sites for hydroxylation is 1. The SMILES string of the molecule is CCc1cnc(N2CCC(CNS(=O)(=O)c3cc4nc(Cl)nc(N5CCOCC5)c4s3)CC2)nc1. The monoisotopic (exact) mass is 537 g/mol. The van der Waals surface area contributed by atoms with Crippen molar-refractivity contribution in [1.29, 1.82) is 0 Å². The first-order valence-corrected chi connectivity index (χ1v) is 14.5. The lowest BCUT2D eigenvalue weighted by Crippen LogP contribution is -2.39. The Hall–Kier alpha value is -2.12. The second-order valence-corrected chi connectivity index (χ2v) is 12.1. The summed E-state index contributed by atoms with van der Waals surface area (Å²) in [5, 5.41) is 0.105. The van der Waals surface area contributed by atoms with Gasteiger partial charge in [-0.25, -0.2) is 28.1 Å². The number of hydrogen-bond acceptors (Lipinski definition) is 10. The van der Waals surface area contributed by atoms with Gasteiger partial charge in [0.2, 0.25) is 21.3 Å². The fourth-order valence-corrected chi connectivity index (χ4v) is 7.06. The third kappa shape index (κ3) is 5.51. The van der Waals surface area contributed by atoms with Crippen LogP contribution in [0.15, 0.2) is 22.7 Å². The number of aromatic nitrogens is 4. The predicted octanol–water partition coefficient (Wildman–Crippen LogP) is 2.73. The summed E-state index contributed by atoms with van der Waals surface area (Å²) in [4.78, 5) is 21.8. The van der Waals surface area contributed by atoms with Crippen LogP contribution in [0.5, 0.6) is 0 Å². The van der Waals surface area contributed by atoms with E-state index in [2.05, 4.69) is 41.4 Å². The number of hydrogen-bond donors (Lipinski definition) is 1. The van der Waals surface area contributed by atoms with E-state index in [0.29, 0.717) is 44.2 Å². The van der Waals surface area contributed by atoms with Crippen molar-refractivity contribution in [1.82, 2.24) is 24.7 Å². The van der Waals surface area contributed by atoms with Gasteiger partial charge in [-0.05, 0) is 48.4 Å². The van der Waals surface area contributed by atoms with Crippen molar-refractivity contribution in [3.63, 3.8) is 0 Å². The van der Waals surface area contributed by atoms with Crippen molar-refractivity contribution in [2.75, 3.05) is 55.7 Å². The van der Waals surface area contributed by atoms with Crippen LogP contribution in [0.3, 0.4) is 0 Å². The summed E-state index contributed by atoms with van der Waals surface area (Å²) in [6.07, 6.45) is 6.40. The number of halogens is 1. The lowest BCUT2D eigenvalue weighted by atomic mass is 9.97. The van der Waals surface area contributed by atoms with Crippen LogP contribution in [0, 0.1) is 5.92 Å². The summed E-state index contributed by atoms with van der Waals surface area (Å²) in [5.74, 6) is 1.65. The molecule has 35 heavy (non-hydrogen) atoms. The van der Waals surface area contributed by atoms with Gasteiger partial charge in [-0.15, -0.1) is 11.3 Å². The molecule has 0 unspecified atom stereocenters. The van der Waals surface area contributed by atoms with Gasteiger partial charge in [0.25, 0.3) is 0 Å². The van der Waals surface area contributed by atoms with Crippen molar-refractivity contribution >= 4 is 54.9 Å². The van der Waals surface area contributed by atoms with Gasteiger partial charge in [-0.1, -0.05) is 6.92 Å². The van der Waals surface area contributed by atoms with Crippen LogP contribution in [0.4, 0.5) is 11.8 Å². The Bertz CT molecular complexity index is 1270. The minimum atomic E-state index is -3.68. The number of thiophene rings is 1. The Morgan fingerprint density at radius 1 is 1.11 bits per heavy atom. The van der Waals surface area contributed by atoms with Gasteiger partial charge in [0.1, 0.15) is 4.21 Å². The Kier molecular flexibility index (Phi) is 7.35. The van der Waals surface area contributed by atoms with Gasteiger partial charge in [0.05, 0.1) is 23.4 Å². The molecule has 0 aliphatic carbocycles. The quantitative estimate of drug-likeness (QED) is 0.454. The summed E-state index contributed by atoms with van der Waals surface area (Å²) in [5.41, 5.74) is 1.66. The van der Waals surface area contributed by atoms with E-state index in [1.807, 2.05) is 12.4 Å². The fraction of sp³-hybridized carbons (Fsp3) is 0.545. The van der Waals surface area contributed by atoms with Gasteiger partial charge in [-0.3, -0.25) is 0 Å². The maximum absolute atomic E-state index is 13.1. The van der Waals surface area contributed by atoms with E-state index in [0.717, 1.165) is 48.6 Å². The maximum Gasteiger partial charge on any atom is 0.250 e. The summed E-state index contributed by atoms with van der Waals surface area (Å²) in [7, 11) is -3.68. The number of ether oxygens (including phenoxy) is 1. The second kappa shape index (κ2) is 10.5. The average molecular weight is 538 g/mol. The van der Waals surface area contributed by atoms with Gasteiger partial charge >= 0.3 is 0 Å². The Morgan fingerprint density at radius 2 is 1.83 bits per heavy atom. The molecule has 5 heterocycles. The number of sulfonamides is 1. The van der Waals surface area contributed by atoms with Crippen LogP contribution in [0.25, 0.3) is 10.2 Å². The highest BCUT2D eigenvalue weighted by atomic mass is 35.5. The molecule has 188 valence electrons. The van der Waals surface area contributed by atoms with Gasteiger partial charge in [-0.2, -0.15) is 4.98 Å². The molecule has 2 aliphatic rings. The van der Waals surface area contributed by atoms with E-state index in [-0.39, 0.29) is 15.4 Å². The zero-order chi connectivity index (χ0) is 24.4. The predicted molar refractivity (Wildman–Crippen MR) is 137 cm³/mol. The molecule has 0 amide bonds. The van der Waals surface area contributed by atoms with Crippen LogP contribution in [0.1, 0.15) is 25.3 Å². The first-order valence-electron chi connectivity index (χ1n) is 11.8. The van der Waals surface area contributed by atoms with Crippen molar-refractivity contribution in [2.24, 2.45) is 5.92 Å². The number of rotatable bonds is 7. The fourth-order valence-electron chi connectivity index (χ4n) is 4.32. The normalized spacial score (nSPS) is 17.9. The molecule has 5 rings (SSSR count). The molecule has 3 aromatic rings. The van der Waals surface area contributed by atoms with Crippen LogP contribution in [0.2, 0.25) is 5.28 Å². The lowest BCUT2D eigenvalue weighted by Gasteiger charge is -2.32. The van der Waals surface area contributed by atoms with Gasteiger partial charge in [0, 0.05) is 45.1 Å². The third-order valence-electron chi connectivity index (χ3n) is 6.44. The molecule has 0 bridgehead atoms. The molecule has 0 atom stereocenters. The largest absolute Gasteiger partial charge is 0.378 e. The molecule has 3 aromatic heterocycles. The lowest BCUT2D eigenvalue weighted by molar-refractivity contribution is 0.122. The highest BCUT2D eigenvalue weighted by molar-refractivity contribution is 7.91. The third-order valence-corrected chi connectivity index (χ3v) is 9.63. The number of fused-ring (bicyclic) bond motifs is 1. The second-order valence-electron chi connectivity index (χ2n) is 8.72. The molecule has 2 fully saturated rings. The van der Waals surface area contributed by atoms with Crippen LogP contribution in [-0.4, -0.2) is 74.3 Å². The van der Waals surface area contributed by atoms with Crippen LogP contribution >= 0.6 is 22.9 Å². The van der Waals surface area contributed by atoms with E-state index in [9.17, 15) is 8.42 Å². The average Bonchev–Trinajstić information content (AvgIpc) is 3.33. The standard InChI is InChI=1S/C22H28ClN7O3S2/c1-2-15-12-24-22(25-13-15)30-5-3-16(4-6-30)14-26-35(31,32)18-11-17-19(34-18)20(28-21(23)27-17)29-7-9-33-10-8-29/h11-13,16,26H,2-10,14H2,1H3. The molecule has 0 saturated carbocycles. The summed E-state index contributed by atoms with van der Waals surface area (Å²) < 4.78 is 35.4. The summed E-state index contributed by atoms with van der Waals surface area (Å²) >= 11 is 7.33. The first-order chi connectivity index (χ1) is 16.9. The van der Waals surface area contributed by atoms with Gasteiger partial charge < -0.3 is 14.5 Å². The molecule has 2 aliphatic heterocycles. The van der Waals surface area contributed by atoms with Crippen molar-refractivity contribution in [3.05, 3.63) is 29.3 Å². The molecule has 1 N–H and O–H groups in total. The highest BCUT2D eigenvalue weighted by Crippen LogP contribution is 2.35. The zero-order valence-corrected chi connectivity index (χ0v) is 21.9. The smallest absolute Gasteiger partial charge is 0.250 e. The first kappa shape index (κ1) is 24.6.